The van der Waals surface area contributed by atoms with Crippen LogP contribution in [-0.4, -0.2) is 8.07 Å². The number of nitriles is 1. The number of benzene rings is 3. The lowest BCUT2D eigenvalue weighted by molar-refractivity contribution is -0.660. The molecule has 5 rings (SSSR count). The third kappa shape index (κ3) is 3.46. The van der Waals surface area contributed by atoms with E-state index in [1.807, 2.05) is 6.07 Å². The summed E-state index contributed by atoms with van der Waals surface area (Å²) >= 11 is 0. The molecular formula is C29H27N2OSi+. The summed E-state index contributed by atoms with van der Waals surface area (Å²) in [5.74, 6) is 0. The minimum absolute atomic E-state index is 0.703. The van der Waals surface area contributed by atoms with E-state index in [2.05, 4.69) is 111 Å². The molecule has 0 bridgehead atoms. The maximum Gasteiger partial charge on any atom is 0.216 e. The SMILES string of the molecule is Cc1ccc2c(oc3c(-c4ccc([Si](C)(C)C)cc4C#N)cccc32)c1-c1cccc[n+]1C. The Kier molecular flexibility index (Phi) is 4.95. The van der Waals surface area contributed by atoms with Crippen molar-refractivity contribution in [1.82, 2.24) is 0 Å². The van der Waals surface area contributed by atoms with Crippen molar-refractivity contribution in [3.8, 4) is 28.5 Å². The van der Waals surface area contributed by atoms with Gasteiger partial charge < -0.3 is 4.42 Å². The Bertz CT molecular complexity index is 1580. The summed E-state index contributed by atoms with van der Waals surface area (Å²) in [6.07, 6.45) is 2.06. The largest absolute Gasteiger partial charge is 0.454 e. The van der Waals surface area contributed by atoms with E-state index in [4.69, 9.17) is 4.42 Å². The standard InChI is InChI=1S/C29H27N2OSi/c1-19-12-14-25-24-10-8-9-23(22-15-13-21(33(3,4)5)17-20(22)18-30)28(24)32-29(25)27(19)26-11-6-7-16-31(26)2/h6-17H,1-5H3/q+1. The molecule has 162 valence electrons. The van der Waals surface area contributed by atoms with Gasteiger partial charge in [0.15, 0.2) is 6.20 Å². The van der Waals surface area contributed by atoms with E-state index in [9.17, 15) is 5.26 Å². The zero-order valence-corrected chi connectivity index (χ0v) is 20.7. The average molecular weight is 448 g/mol. The molecule has 0 aliphatic rings. The molecule has 3 nitrogen and oxygen atoms in total. The molecule has 0 aliphatic carbocycles. The van der Waals surface area contributed by atoms with Crippen molar-refractivity contribution < 1.29 is 8.98 Å². The second kappa shape index (κ2) is 7.72. The molecule has 33 heavy (non-hydrogen) atoms. The summed E-state index contributed by atoms with van der Waals surface area (Å²) in [5.41, 5.74) is 7.68. The number of nitrogens with zero attached hydrogens (tertiary/aromatic N) is 2. The lowest BCUT2D eigenvalue weighted by atomic mass is 9.97. The number of para-hydroxylation sites is 1. The van der Waals surface area contributed by atoms with Crippen LogP contribution in [0.15, 0.2) is 77.3 Å². The van der Waals surface area contributed by atoms with Crippen LogP contribution in [0.5, 0.6) is 0 Å². The van der Waals surface area contributed by atoms with E-state index in [0.29, 0.717) is 5.56 Å². The van der Waals surface area contributed by atoms with Gasteiger partial charge in [0.05, 0.1) is 25.3 Å². The Hall–Kier alpha value is -3.68. The van der Waals surface area contributed by atoms with E-state index in [1.54, 1.807) is 0 Å². The molecule has 0 N–H and O–H groups in total. The van der Waals surface area contributed by atoms with Crippen molar-refractivity contribution >= 4 is 35.2 Å². The van der Waals surface area contributed by atoms with Crippen LogP contribution in [0.1, 0.15) is 11.1 Å². The van der Waals surface area contributed by atoms with Crippen molar-refractivity contribution in [3.63, 3.8) is 0 Å². The van der Waals surface area contributed by atoms with Crippen molar-refractivity contribution in [3.05, 3.63) is 84.1 Å². The molecular weight excluding hydrogens is 420 g/mol. The summed E-state index contributed by atoms with van der Waals surface area (Å²) < 4.78 is 8.77. The Morgan fingerprint density at radius 2 is 1.64 bits per heavy atom. The molecule has 0 amide bonds. The van der Waals surface area contributed by atoms with E-state index >= 15 is 0 Å². The zero-order chi connectivity index (χ0) is 23.3. The zero-order valence-electron chi connectivity index (χ0n) is 19.7. The minimum atomic E-state index is -1.52. The number of furan rings is 1. The Morgan fingerprint density at radius 3 is 2.36 bits per heavy atom. The molecule has 4 heteroatoms. The maximum atomic E-state index is 9.97. The quantitative estimate of drug-likeness (QED) is 0.235. The first-order chi connectivity index (χ1) is 15.8. The number of aryl methyl sites for hydroxylation is 2. The number of pyridine rings is 1. The molecule has 3 aromatic carbocycles. The fraction of sp³-hybridized carbons (Fsp3) is 0.172. The fourth-order valence-corrected chi connectivity index (χ4v) is 5.77. The highest BCUT2D eigenvalue weighted by Crippen LogP contribution is 2.41. The molecule has 2 aromatic heterocycles. The second-order valence-electron chi connectivity index (χ2n) is 9.74. The van der Waals surface area contributed by atoms with Gasteiger partial charge >= 0.3 is 0 Å². The van der Waals surface area contributed by atoms with Gasteiger partial charge in [0.1, 0.15) is 18.2 Å². The smallest absolute Gasteiger partial charge is 0.216 e. The lowest BCUT2D eigenvalue weighted by Gasteiger charge is -2.18. The predicted molar refractivity (Wildman–Crippen MR) is 138 cm³/mol. The van der Waals surface area contributed by atoms with Gasteiger partial charge in [-0.25, -0.2) is 4.57 Å². The van der Waals surface area contributed by atoms with Crippen LogP contribution in [-0.2, 0) is 7.05 Å². The number of hydrogen-bond donors (Lipinski definition) is 0. The Morgan fingerprint density at radius 1 is 0.848 bits per heavy atom. The molecule has 5 aromatic rings. The van der Waals surface area contributed by atoms with E-state index in [0.717, 1.165) is 44.3 Å². The highest BCUT2D eigenvalue weighted by Gasteiger charge is 2.23. The molecule has 0 saturated carbocycles. The molecule has 0 fully saturated rings. The molecule has 0 radical (unpaired) electrons. The first-order valence-corrected chi connectivity index (χ1v) is 14.7. The van der Waals surface area contributed by atoms with Crippen LogP contribution in [0.25, 0.3) is 44.3 Å². The van der Waals surface area contributed by atoms with Gasteiger partial charge in [-0.05, 0) is 24.6 Å². The third-order valence-electron chi connectivity index (χ3n) is 6.48. The number of rotatable bonds is 3. The number of aromatic nitrogens is 1. The van der Waals surface area contributed by atoms with Crippen molar-refractivity contribution in [2.45, 2.75) is 26.6 Å². The van der Waals surface area contributed by atoms with Gasteiger partial charge in [-0.2, -0.15) is 5.26 Å². The number of hydrogen-bond acceptors (Lipinski definition) is 2. The molecule has 0 unspecified atom stereocenters. The first kappa shape index (κ1) is 21.2. The van der Waals surface area contributed by atoms with Crippen LogP contribution in [0, 0.1) is 18.3 Å². The van der Waals surface area contributed by atoms with E-state index in [1.165, 1.54) is 10.8 Å². The number of fused-ring (bicyclic) bond motifs is 3. The van der Waals surface area contributed by atoms with Gasteiger partial charge in [-0.1, -0.05) is 67.3 Å². The van der Waals surface area contributed by atoms with Gasteiger partial charge in [-0.3, -0.25) is 0 Å². The molecule has 0 aliphatic heterocycles. The van der Waals surface area contributed by atoms with E-state index in [-0.39, 0.29) is 0 Å². The lowest BCUT2D eigenvalue weighted by Crippen LogP contribution is -2.37. The van der Waals surface area contributed by atoms with Crippen molar-refractivity contribution in [1.29, 1.82) is 5.26 Å². The van der Waals surface area contributed by atoms with Crippen LogP contribution < -0.4 is 9.75 Å². The molecule has 0 atom stereocenters. The summed E-state index contributed by atoms with van der Waals surface area (Å²) in [6, 6.07) is 25.5. The third-order valence-corrected chi connectivity index (χ3v) is 8.53. The highest BCUT2D eigenvalue weighted by molar-refractivity contribution is 6.88. The van der Waals surface area contributed by atoms with Crippen LogP contribution in [0.2, 0.25) is 19.6 Å². The Balaban J connectivity index is 1.82. The van der Waals surface area contributed by atoms with Gasteiger partial charge in [0.25, 0.3) is 0 Å². The summed E-state index contributed by atoms with van der Waals surface area (Å²) in [5, 5.41) is 13.4. The second-order valence-corrected chi connectivity index (χ2v) is 14.8. The van der Waals surface area contributed by atoms with Crippen molar-refractivity contribution in [2.24, 2.45) is 7.05 Å². The van der Waals surface area contributed by atoms with Crippen molar-refractivity contribution in [2.75, 3.05) is 0 Å². The molecule has 0 spiro atoms. The first-order valence-electron chi connectivity index (χ1n) is 11.2. The maximum absolute atomic E-state index is 9.97. The van der Waals surface area contributed by atoms with E-state index < -0.39 is 8.07 Å². The minimum Gasteiger partial charge on any atom is -0.454 e. The molecule has 0 saturated heterocycles. The predicted octanol–water partition coefficient (Wildman–Crippen LogP) is 6.47. The van der Waals surface area contributed by atoms with Gasteiger partial charge in [-0.15, -0.1) is 0 Å². The van der Waals surface area contributed by atoms with Gasteiger partial charge in [0.2, 0.25) is 5.69 Å². The summed E-state index contributed by atoms with van der Waals surface area (Å²) in [4.78, 5) is 0. The average Bonchev–Trinajstić information content (AvgIpc) is 3.17. The normalized spacial score (nSPS) is 11.8. The summed E-state index contributed by atoms with van der Waals surface area (Å²) in [7, 11) is 0.538. The summed E-state index contributed by atoms with van der Waals surface area (Å²) in [6.45, 7) is 9.03. The van der Waals surface area contributed by atoms with Crippen LogP contribution in [0.4, 0.5) is 0 Å². The van der Waals surface area contributed by atoms with Crippen LogP contribution >= 0.6 is 0 Å². The fourth-order valence-electron chi connectivity index (χ4n) is 4.61. The monoisotopic (exact) mass is 447 g/mol. The highest BCUT2D eigenvalue weighted by atomic mass is 28.3. The van der Waals surface area contributed by atoms with Gasteiger partial charge in [0, 0.05) is 34.0 Å². The molecule has 2 heterocycles. The van der Waals surface area contributed by atoms with Crippen LogP contribution in [0.3, 0.4) is 0 Å². The Labute approximate surface area is 195 Å². The topological polar surface area (TPSA) is 40.8 Å².